The Kier molecular flexibility index (Phi) is 4.70. The summed E-state index contributed by atoms with van der Waals surface area (Å²) in [6.45, 7) is 0.493. The van der Waals surface area contributed by atoms with Gasteiger partial charge in [-0.15, -0.1) is 0 Å². The molecule has 1 heterocycles. The third kappa shape index (κ3) is 3.34. The summed E-state index contributed by atoms with van der Waals surface area (Å²) in [5.74, 6) is 0.830. The van der Waals surface area contributed by atoms with Crippen LogP contribution in [0, 0.1) is 4.51 Å². The van der Waals surface area contributed by atoms with E-state index in [0.717, 1.165) is 11.3 Å². The van der Waals surface area contributed by atoms with Crippen LogP contribution in [-0.2, 0) is 6.54 Å². The van der Waals surface area contributed by atoms with Gasteiger partial charge in [-0.05, 0) is 23.8 Å². The molecule has 6 heteroatoms. The van der Waals surface area contributed by atoms with E-state index >= 15 is 0 Å². The van der Waals surface area contributed by atoms with Crippen LogP contribution < -0.4 is 10.1 Å². The van der Waals surface area contributed by atoms with E-state index in [1.54, 1.807) is 7.11 Å². The second kappa shape index (κ2) is 6.49. The maximum Gasteiger partial charge on any atom is 0.203 e. The molecule has 0 saturated carbocycles. The molecular formula is C14H13NO3S2. The first-order valence-corrected chi connectivity index (χ1v) is 6.65. The molecule has 2 rings (SSSR count). The monoisotopic (exact) mass is 307 g/mol. The fraction of sp³-hybridized carbons (Fsp3) is 0.143. The van der Waals surface area contributed by atoms with Gasteiger partial charge < -0.3 is 19.6 Å². The molecule has 0 aliphatic rings. The average molecular weight is 307 g/mol. The number of methoxy groups -OCH3 is 1. The Morgan fingerprint density at radius 2 is 2.20 bits per heavy atom. The SMILES string of the molecule is COc1cccc(CNC(=S)c2occc(=S)c2O)c1. The summed E-state index contributed by atoms with van der Waals surface area (Å²) in [5.41, 5.74) is 1.00. The van der Waals surface area contributed by atoms with Crippen LogP contribution in [0.3, 0.4) is 0 Å². The van der Waals surface area contributed by atoms with Crippen LogP contribution in [0.1, 0.15) is 11.3 Å². The van der Waals surface area contributed by atoms with Crippen molar-refractivity contribution >= 4 is 29.4 Å². The standard InChI is InChI=1S/C14H13NO3S2/c1-17-10-4-2-3-9(7-10)8-15-14(20)13-12(16)11(19)5-6-18-13/h2-7,16H,8H2,1H3,(H,15,20). The van der Waals surface area contributed by atoms with Crippen LogP contribution in [0.2, 0.25) is 0 Å². The van der Waals surface area contributed by atoms with E-state index in [1.807, 2.05) is 24.3 Å². The highest BCUT2D eigenvalue weighted by Gasteiger charge is 2.11. The van der Waals surface area contributed by atoms with E-state index in [1.165, 1.54) is 12.3 Å². The van der Waals surface area contributed by atoms with Crippen LogP contribution in [0.5, 0.6) is 11.5 Å². The molecular weight excluding hydrogens is 294 g/mol. The first kappa shape index (κ1) is 14.5. The van der Waals surface area contributed by atoms with Gasteiger partial charge in [-0.3, -0.25) is 0 Å². The van der Waals surface area contributed by atoms with Gasteiger partial charge in [0, 0.05) is 6.54 Å². The lowest BCUT2D eigenvalue weighted by Gasteiger charge is -2.09. The first-order valence-electron chi connectivity index (χ1n) is 5.83. The smallest absolute Gasteiger partial charge is 0.203 e. The molecule has 0 atom stereocenters. The molecule has 1 aromatic carbocycles. The average Bonchev–Trinajstić information content (AvgIpc) is 2.48. The predicted octanol–water partition coefficient (Wildman–Crippen LogP) is 3.19. The van der Waals surface area contributed by atoms with Gasteiger partial charge in [0.1, 0.15) is 10.7 Å². The number of aromatic hydroxyl groups is 1. The first-order chi connectivity index (χ1) is 9.61. The zero-order valence-corrected chi connectivity index (χ0v) is 12.4. The van der Waals surface area contributed by atoms with Crippen molar-refractivity contribution < 1.29 is 14.3 Å². The van der Waals surface area contributed by atoms with E-state index in [2.05, 4.69) is 5.32 Å². The Morgan fingerprint density at radius 1 is 1.40 bits per heavy atom. The van der Waals surface area contributed by atoms with Gasteiger partial charge >= 0.3 is 0 Å². The van der Waals surface area contributed by atoms with Crippen molar-refractivity contribution in [3.05, 3.63) is 52.4 Å². The van der Waals surface area contributed by atoms with Gasteiger partial charge in [-0.1, -0.05) is 36.6 Å². The molecule has 104 valence electrons. The maximum atomic E-state index is 9.80. The van der Waals surface area contributed by atoms with E-state index in [0.29, 0.717) is 16.0 Å². The van der Waals surface area contributed by atoms with Crippen LogP contribution in [0.15, 0.2) is 41.0 Å². The zero-order chi connectivity index (χ0) is 14.5. The summed E-state index contributed by atoms with van der Waals surface area (Å²) in [6, 6.07) is 9.10. The highest BCUT2D eigenvalue weighted by atomic mass is 32.1. The van der Waals surface area contributed by atoms with Crippen molar-refractivity contribution in [1.82, 2.24) is 5.32 Å². The summed E-state index contributed by atoms with van der Waals surface area (Å²) >= 11 is 10.1. The van der Waals surface area contributed by atoms with Crippen LogP contribution in [0.25, 0.3) is 0 Å². The highest BCUT2D eigenvalue weighted by Crippen LogP contribution is 2.19. The Hall–Kier alpha value is -1.92. The molecule has 20 heavy (non-hydrogen) atoms. The fourth-order valence-corrected chi connectivity index (χ4v) is 1.98. The molecule has 2 N–H and O–H groups in total. The summed E-state index contributed by atoms with van der Waals surface area (Å²) in [7, 11) is 1.61. The molecule has 4 nitrogen and oxygen atoms in total. The highest BCUT2D eigenvalue weighted by molar-refractivity contribution is 7.80. The minimum Gasteiger partial charge on any atom is -0.503 e. The minimum atomic E-state index is -0.120. The number of hydrogen-bond donors (Lipinski definition) is 2. The molecule has 1 aromatic heterocycles. The van der Waals surface area contributed by atoms with Crippen LogP contribution in [-0.4, -0.2) is 17.2 Å². The van der Waals surface area contributed by atoms with Crippen molar-refractivity contribution in [3.8, 4) is 11.5 Å². The zero-order valence-electron chi connectivity index (χ0n) is 10.8. The lowest BCUT2D eigenvalue weighted by Crippen LogP contribution is -2.21. The lowest BCUT2D eigenvalue weighted by atomic mass is 10.2. The predicted molar refractivity (Wildman–Crippen MR) is 82.7 cm³/mol. The van der Waals surface area contributed by atoms with E-state index in [9.17, 15) is 5.11 Å². The van der Waals surface area contributed by atoms with Crippen molar-refractivity contribution in [2.45, 2.75) is 6.54 Å². The Bertz CT molecular complexity index is 682. The minimum absolute atomic E-state index is 0.120. The van der Waals surface area contributed by atoms with Crippen molar-refractivity contribution in [1.29, 1.82) is 0 Å². The Balaban J connectivity index is 2.08. The van der Waals surface area contributed by atoms with Gasteiger partial charge in [0.25, 0.3) is 0 Å². The third-order valence-corrected chi connectivity index (χ3v) is 3.31. The summed E-state index contributed by atoms with van der Waals surface area (Å²) in [6.07, 6.45) is 1.40. The second-order valence-corrected chi connectivity index (χ2v) is 4.84. The second-order valence-electron chi connectivity index (χ2n) is 4.00. The Labute approximate surface area is 127 Å². The summed E-state index contributed by atoms with van der Waals surface area (Å²) in [5, 5.41) is 12.8. The Morgan fingerprint density at radius 3 is 2.95 bits per heavy atom. The number of benzene rings is 1. The maximum absolute atomic E-state index is 9.80. The number of rotatable bonds is 4. The molecule has 0 unspecified atom stereocenters. The van der Waals surface area contributed by atoms with E-state index < -0.39 is 0 Å². The molecule has 0 aliphatic heterocycles. The molecule has 0 aliphatic carbocycles. The van der Waals surface area contributed by atoms with Crippen molar-refractivity contribution in [3.63, 3.8) is 0 Å². The molecule has 2 aromatic rings. The van der Waals surface area contributed by atoms with E-state index in [-0.39, 0.29) is 11.5 Å². The molecule has 0 bridgehead atoms. The van der Waals surface area contributed by atoms with E-state index in [4.69, 9.17) is 33.6 Å². The number of hydrogen-bond acceptors (Lipinski definition) is 5. The van der Waals surface area contributed by atoms with Gasteiger partial charge in [0.2, 0.25) is 5.76 Å². The fourth-order valence-electron chi connectivity index (χ4n) is 1.62. The van der Waals surface area contributed by atoms with Crippen LogP contribution >= 0.6 is 24.4 Å². The molecule has 0 spiro atoms. The van der Waals surface area contributed by atoms with Gasteiger partial charge in [-0.25, -0.2) is 0 Å². The quantitative estimate of drug-likeness (QED) is 0.846. The normalized spacial score (nSPS) is 10.1. The molecule has 0 fully saturated rings. The van der Waals surface area contributed by atoms with Crippen molar-refractivity contribution in [2.75, 3.05) is 7.11 Å². The number of ether oxygens (including phenoxy) is 1. The van der Waals surface area contributed by atoms with Gasteiger partial charge in [-0.2, -0.15) is 0 Å². The molecule has 0 radical (unpaired) electrons. The summed E-state index contributed by atoms with van der Waals surface area (Å²) < 4.78 is 10.6. The van der Waals surface area contributed by atoms with Gasteiger partial charge in [0.05, 0.1) is 17.9 Å². The molecule has 0 saturated heterocycles. The van der Waals surface area contributed by atoms with Crippen LogP contribution in [0.4, 0.5) is 0 Å². The lowest BCUT2D eigenvalue weighted by molar-refractivity contribution is 0.414. The largest absolute Gasteiger partial charge is 0.503 e. The van der Waals surface area contributed by atoms with Gasteiger partial charge in [0.15, 0.2) is 5.75 Å². The molecule has 0 amide bonds. The summed E-state index contributed by atoms with van der Waals surface area (Å²) in [4.78, 5) is 0.303. The third-order valence-electron chi connectivity index (χ3n) is 2.65. The number of thiocarbonyl (C=S) groups is 1. The number of nitrogens with one attached hydrogen (secondary N) is 1. The van der Waals surface area contributed by atoms with Crippen molar-refractivity contribution in [2.24, 2.45) is 0 Å². The topological polar surface area (TPSA) is 54.6 Å².